The van der Waals surface area contributed by atoms with Crippen molar-refractivity contribution in [3.8, 4) is 0 Å². The molecule has 1 aromatic carbocycles. The molecule has 27 heavy (non-hydrogen) atoms. The quantitative estimate of drug-likeness (QED) is 0.699. The first kappa shape index (κ1) is 21.4. The number of piperazine rings is 1. The zero-order valence-electron chi connectivity index (χ0n) is 16.8. The molecule has 1 atom stereocenters. The zero-order chi connectivity index (χ0) is 19.8. The van der Waals surface area contributed by atoms with Gasteiger partial charge in [-0.25, -0.2) is 4.39 Å². The van der Waals surface area contributed by atoms with Crippen molar-refractivity contribution >= 4 is 11.8 Å². The Hall–Kier alpha value is -1.95. The van der Waals surface area contributed by atoms with Crippen LogP contribution in [0.3, 0.4) is 0 Å². The van der Waals surface area contributed by atoms with Gasteiger partial charge < -0.3 is 14.7 Å². The maximum atomic E-state index is 13.0. The minimum atomic E-state index is -0.264. The van der Waals surface area contributed by atoms with E-state index < -0.39 is 0 Å². The van der Waals surface area contributed by atoms with E-state index in [1.54, 1.807) is 12.1 Å². The second-order valence-electron chi connectivity index (χ2n) is 7.21. The van der Waals surface area contributed by atoms with Gasteiger partial charge in [0.05, 0.1) is 0 Å². The molecule has 1 aliphatic heterocycles. The molecule has 1 fully saturated rings. The highest BCUT2D eigenvalue weighted by molar-refractivity contribution is 5.80. The maximum Gasteiger partial charge on any atom is 0.225 e. The second-order valence-corrected chi connectivity index (χ2v) is 7.21. The highest BCUT2D eigenvalue weighted by atomic mass is 19.1. The lowest BCUT2D eigenvalue weighted by molar-refractivity contribution is -0.141. The summed E-state index contributed by atoms with van der Waals surface area (Å²) in [6, 6.07) is 6.31. The summed E-state index contributed by atoms with van der Waals surface area (Å²) >= 11 is 0. The molecule has 0 aromatic heterocycles. The predicted octanol–water partition coefficient (Wildman–Crippen LogP) is 2.41. The molecule has 1 unspecified atom stereocenters. The summed E-state index contributed by atoms with van der Waals surface area (Å²) in [6.45, 7) is 11.2. The molecule has 1 saturated heterocycles. The first-order valence-electron chi connectivity index (χ1n) is 9.97. The topological polar surface area (TPSA) is 43.9 Å². The van der Waals surface area contributed by atoms with E-state index >= 15 is 0 Å². The first-order chi connectivity index (χ1) is 12.9. The van der Waals surface area contributed by atoms with Gasteiger partial charge in [0.1, 0.15) is 5.82 Å². The minimum absolute atomic E-state index is 0.106. The predicted molar refractivity (Wildman–Crippen MR) is 105 cm³/mol. The van der Waals surface area contributed by atoms with Crippen molar-refractivity contribution in [3.63, 3.8) is 0 Å². The molecule has 1 heterocycles. The number of hydrogen-bond acceptors (Lipinski definition) is 3. The van der Waals surface area contributed by atoms with Crippen molar-refractivity contribution in [1.29, 1.82) is 0 Å². The molecule has 0 spiro atoms. The first-order valence-corrected chi connectivity index (χ1v) is 9.97. The zero-order valence-corrected chi connectivity index (χ0v) is 16.8. The largest absolute Gasteiger partial charge is 0.339 e. The van der Waals surface area contributed by atoms with Gasteiger partial charge in [-0.1, -0.05) is 32.9 Å². The molecule has 6 heteroatoms. The Morgan fingerprint density at radius 3 is 2.15 bits per heavy atom. The Kier molecular flexibility index (Phi) is 8.23. The molecule has 1 aromatic rings. The summed E-state index contributed by atoms with van der Waals surface area (Å²) < 4.78 is 13.0. The number of carbonyl (C=O) groups is 2. The van der Waals surface area contributed by atoms with Gasteiger partial charge in [-0.3, -0.25) is 9.59 Å². The summed E-state index contributed by atoms with van der Waals surface area (Å²) in [7, 11) is 0. The molecule has 150 valence electrons. The summed E-state index contributed by atoms with van der Waals surface area (Å²) in [4.78, 5) is 31.0. The van der Waals surface area contributed by atoms with Crippen LogP contribution in [0, 0.1) is 11.7 Å². The summed E-state index contributed by atoms with van der Waals surface area (Å²) in [5, 5.41) is 0. The molecule has 0 aliphatic carbocycles. The molecule has 2 rings (SSSR count). The van der Waals surface area contributed by atoms with Gasteiger partial charge in [-0.2, -0.15) is 0 Å². The van der Waals surface area contributed by atoms with Crippen molar-refractivity contribution < 1.29 is 14.0 Å². The summed E-state index contributed by atoms with van der Waals surface area (Å²) in [5.74, 6) is -0.136. The SMILES string of the molecule is CCN(CC)CCC(=O)N1CCN(C(=O)C(C)Cc2ccc(F)cc2)CC1. The van der Waals surface area contributed by atoms with E-state index in [4.69, 9.17) is 0 Å². The highest BCUT2D eigenvalue weighted by Gasteiger charge is 2.27. The van der Waals surface area contributed by atoms with Crippen molar-refractivity contribution in [2.75, 3.05) is 45.8 Å². The second kappa shape index (κ2) is 10.4. The Bertz CT molecular complexity index is 608. The van der Waals surface area contributed by atoms with Crippen LogP contribution in [0.1, 0.15) is 32.8 Å². The van der Waals surface area contributed by atoms with Crippen LogP contribution in [-0.4, -0.2) is 72.3 Å². The number of rotatable bonds is 8. The lowest BCUT2D eigenvalue weighted by Gasteiger charge is -2.36. The lowest BCUT2D eigenvalue weighted by atomic mass is 9.99. The average Bonchev–Trinajstić information content (AvgIpc) is 2.69. The Morgan fingerprint density at radius 1 is 1.04 bits per heavy atom. The normalized spacial score (nSPS) is 15.9. The van der Waals surface area contributed by atoms with Crippen LogP contribution in [0.15, 0.2) is 24.3 Å². The molecule has 5 nitrogen and oxygen atoms in total. The maximum absolute atomic E-state index is 13.0. The van der Waals surface area contributed by atoms with E-state index in [1.807, 2.05) is 16.7 Å². The highest BCUT2D eigenvalue weighted by Crippen LogP contribution is 2.14. The van der Waals surface area contributed by atoms with Crippen molar-refractivity contribution in [1.82, 2.24) is 14.7 Å². The minimum Gasteiger partial charge on any atom is -0.339 e. The van der Waals surface area contributed by atoms with Crippen molar-refractivity contribution in [3.05, 3.63) is 35.6 Å². The third kappa shape index (κ3) is 6.31. The van der Waals surface area contributed by atoms with E-state index in [0.29, 0.717) is 39.0 Å². The molecular weight excluding hydrogens is 345 g/mol. The van der Waals surface area contributed by atoms with Crippen LogP contribution < -0.4 is 0 Å². The summed E-state index contributed by atoms with van der Waals surface area (Å²) in [5.41, 5.74) is 0.961. The lowest BCUT2D eigenvalue weighted by Crippen LogP contribution is -2.52. The van der Waals surface area contributed by atoms with Gasteiger partial charge in [-0.05, 0) is 37.2 Å². The van der Waals surface area contributed by atoms with Gasteiger partial charge >= 0.3 is 0 Å². The van der Waals surface area contributed by atoms with Crippen LogP contribution in [0.5, 0.6) is 0 Å². The van der Waals surface area contributed by atoms with Gasteiger partial charge in [0, 0.05) is 45.1 Å². The van der Waals surface area contributed by atoms with Gasteiger partial charge in [-0.15, -0.1) is 0 Å². The van der Waals surface area contributed by atoms with Crippen LogP contribution in [-0.2, 0) is 16.0 Å². The molecule has 2 amide bonds. The third-order valence-corrected chi connectivity index (χ3v) is 5.36. The van der Waals surface area contributed by atoms with E-state index in [1.165, 1.54) is 12.1 Å². The van der Waals surface area contributed by atoms with Gasteiger partial charge in [0.15, 0.2) is 0 Å². The number of nitrogens with zero attached hydrogens (tertiary/aromatic N) is 3. The fourth-order valence-corrected chi connectivity index (χ4v) is 3.50. The Labute approximate surface area is 162 Å². The Balaban J connectivity index is 1.77. The molecule has 0 saturated carbocycles. The van der Waals surface area contributed by atoms with E-state index in [0.717, 1.165) is 25.2 Å². The number of benzene rings is 1. The monoisotopic (exact) mass is 377 g/mol. The fourth-order valence-electron chi connectivity index (χ4n) is 3.50. The summed E-state index contributed by atoms with van der Waals surface area (Å²) in [6.07, 6.45) is 1.14. The molecule has 0 N–H and O–H groups in total. The Morgan fingerprint density at radius 2 is 1.59 bits per heavy atom. The number of halogens is 1. The van der Waals surface area contributed by atoms with Crippen molar-refractivity contribution in [2.24, 2.45) is 5.92 Å². The van der Waals surface area contributed by atoms with Crippen LogP contribution in [0.25, 0.3) is 0 Å². The number of amides is 2. The molecule has 1 aliphatic rings. The van der Waals surface area contributed by atoms with Crippen LogP contribution >= 0.6 is 0 Å². The van der Waals surface area contributed by atoms with Gasteiger partial charge in [0.25, 0.3) is 0 Å². The fraction of sp³-hybridized carbons (Fsp3) is 0.619. The molecular formula is C21H32FN3O2. The van der Waals surface area contributed by atoms with Crippen LogP contribution in [0.2, 0.25) is 0 Å². The average molecular weight is 378 g/mol. The van der Waals surface area contributed by atoms with E-state index in [2.05, 4.69) is 18.7 Å². The number of carbonyl (C=O) groups excluding carboxylic acids is 2. The third-order valence-electron chi connectivity index (χ3n) is 5.36. The smallest absolute Gasteiger partial charge is 0.225 e. The van der Waals surface area contributed by atoms with E-state index in [-0.39, 0.29) is 23.5 Å². The van der Waals surface area contributed by atoms with Gasteiger partial charge in [0.2, 0.25) is 11.8 Å². The molecule has 0 bridgehead atoms. The van der Waals surface area contributed by atoms with Crippen molar-refractivity contribution in [2.45, 2.75) is 33.6 Å². The number of hydrogen-bond donors (Lipinski definition) is 0. The standard InChI is InChI=1S/C21H32FN3O2/c1-4-23(5-2)11-10-20(26)24-12-14-25(15-13-24)21(27)17(3)16-18-6-8-19(22)9-7-18/h6-9,17H,4-5,10-16H2,1-3H3. The van der Waals surface area contributed by atoms with E-state index in [9.17, 15) is 14.0 Å². The molecule has 0 radical (unpaired) electrons. The van der Waals surface area contributed by atoms with Crippen LogP contribution in [0.4, 0.5) is 4.39 Å².